The Bertz CT molecular complexity index is 834. The van der Waals surface area contributed by atoms with Crippen molar-refractivity contribution in [3.05, 3.63) is 65.5 Å². The first-order chi connectivity index (χ1) is 13.2. The van der Waals surface area contributed by atoms with Crippen LogP contribution in [0.2, 0.25) is 0 Å². The summed E-state index contributed by atoms with van der Waals surface area (Å²) in [6.45, 7) is -1.00. The van der Waals surface area contributed by atoms with E-state index >= 15 is 0 Å². The van der Waals surface area contributed by atoms with Gasteiger partial charge in [-0.05, 0) is 48.0 Å². The molecule has 0 unspecified atom stereocenters. The number of amides is 1. The molecule has 0 atom stereocenters. The fraction of sp³-hybridized carbons (Fsp3) is 0.211. The number of hydrogen-bond acceptors (Lipinski definition) is 4. The van der Waals surface area contributed by atoms with Crippen molar-refractivity contribution in [1.29, 1.82) is 0 Å². The third-order valence-electron chi connectivity index (χ3n) is 3.58. The number of benzene rings is 2. The minimum atomic E-state index is -4.64. The monoisotopic (exact) mass is 415 g/mol. The number of hydrogen-bond donors (Lipinski definition) is 3. The molecule has 4 nitrogen and oxygen atoms in total. The van der Waals surface area contributed by atoms with Crippen LogP contribution in [0.15, 0.2) is 58.3 Å². The van der Waals surface area contributed by atoms with E-state index in [0.717, 1.165) is 30.0 Å². The lowest BCUT2D eigenvalue weighted by Gasteiger charge is -2.13. The number of nitrogens with one attached hydrogen (secondary N) is 1. The molecule has 0 aliphatic rings. The zero-order chi connectivity index (χ0) is 20.7. The predicted octanol–water partition coefficient (Wildman–Crippen LogP) is 3.48. The number of aliphatic hydroxyl groups excluding tert-OH is 2. The van der Waals surface area contributed by atoms with E-state index < -0.39 is 42.7 Å². The predicted molar refractivity (Wildman–Crippen MR) is 97.1 cm³/mol. The summed E-state index contributed by atoms with van der Waals surface area (Å²) in [6, 6.07) is 8.11. The molecule has 0 aromatic heterocycles. The highest BCUT2D eigenvalue weighted by atomic mass is 32.2. The average molecular weight is 415 g/mol. The van der Waals surface area contributed by atoms with Gasteiger partial charge in [0.1, 0.15) is 5.82 Å². The van der Waals surface area contributed by atoms with Crippen molar-refractivity contribution >= 4 is 23.7 Å². The van der Waals surface area contributed by atoms with Crippen LogP contribution in [0.3, 0.4) is 0 Å². The van der Waals surface area contributed by atoms with E-state index in [1.54, 1.807) is 0 Å². The quantitative estimate of drug-likeness (QED) is 0.479. The van der Waals surface area contributed by atoms with Crippen LogP contribution in [0.4, 0.5) is 17.6 Å². The Hall–Kier alpha value is -2.36. The lowest BCUT2D eigenvalue weighted by Crippen LogP contribution is -2.39. The second kappa shape index (κ2) is 9.72. The molecule has 2 aromatic carbocycles. The lowest BCUT2D eigenvalue weighted by molar-refractivity contribution is -0.137. The molecule has 1 amide bonds. The molecule has 0 aliphatic carbocycles. The topological polar surface area (TPSA) is 69.6 Å². The summed E-state index contributed by atoms with van der Waals surface area (Å²) in [5.41, 5.74) is -1.14. The average Bonchev–Trinajstić information content (AvgIpc) is 2.66. The van der Waals surface area contributed by atoms with Gasteiger partial charge in [0.05, 0.1) is 24.8 Å². The number of aliphatic hydroxyl groups is 2. The van der Waals surface area contributed by atoms with E-state index in [-0.39, 0.29) is 5.56 Å². The van der Waals surface area contributed by atoms with Crippen molar-refractivity contribution in [3.8, 4) is 0 Å². The van der Waals surface area contributed by atoms with Gasteiger partial charge in [0.2, 0.25) is 5.91 Å². The molecule has 0 aliphatic heterocycles. The Morgan fingerprint density at radius 3 is 2.25 bits per heavy atom. The number of halogens is 4. The Morgan fingerprint density at radius 1 is 1.07 bits per heavy atom. The van der Waals surface area contributed by atoms with Crippen LogP contribution < -0.4 is 5.32 Å². The highest BCUT2D eigenvalue weighted by Gasteiger charge is 2.33. The summed E-state index contributed by atoms with van der Waals surface area (Å²) in [7, 11) is 0. The maximum atomic E-state index is 13.4. The molecule has 2 aromatic rings. The first-order valence-corrected chi connectivity index (χ1v) is 8.89. The van der Waals surface area contributed by atoms with Gasteiger partial charge >= 0.3 is 6.18 Å². The van der Waals surface area contributed by atoms with Crippen LogP contribution in [0.5, 0.6) is 0 Å². The molecule has 0 saturated carbocycles. The molecule has 150 valence electrons. The van der Waals surface area contributed by atoms with Gasteiger partial charge in [-0.2, -0.15) is 13.2 Å². The van der Waals surface area contributed by atoms with Crippen LogP contribution in [0, 0.1) is 5.82 Å². The molecule has 0 radical (unpaired) electrons. The van der Waals surface area contributed by atoms with Crippen molar-refractivity contribution in [2.24, 2.45) is 0 Å². The first-order valence-electron chi connectivity index (χ1n) is 8.08. The van der Waals surface area contributed by atoms with E-state index in [9.17, 15) is 22.4 Å². The maximum absolute atomic E-state index is 13.4. The van der Waals surface area contributed by atoms with Gasteiger partial charge in [0.25, 0.3) is 0 Å². The molecule has 0 heterocycles. The summed E-state index contributed by atoms with van der Waals surface area (Å²) in [5, 5.41) is 20.1. The number of rotatable bonds is 7. The van der Waals surface area contributed by atoms with Gasteiger partial charge < -0.3 is 15.5 Å². The fourth-order valence-electron chi connectivity index (χ4n) is 2.19. The number of alkyl halides is 3. The molecule has 9 heteroatoms. The Balaban J connectivity index is 2.23. The zero-order valence-electron chi connectivity index (χ0n) is 14.4. The van der Waals surface area contributed by atoms with Crippen LogP contribution >= 0.6 is 11.8 Å². The fourth-order valence-corrected chi connectivity index (χ4v) is 3.05. The van der Waals surface area contributed by atoms with Crippen molar-refractivity contribution < 1.29 is 32.6 Å². The van der Waals surface area contributed by atoms with Crippen molar-refractivity contribution in [2.75, 3.05) is 13.2 Å². The van der Waals surface area contributed by atoms with Crippen LogP contribution in [-0.2, 0) is 11.0 Å². The largest absolute Gasteiger partial charge is 0.417 e. The molecular formula is C19H17F4NO3S. The van der Waals surface area contributed by atoms with Crippen molar-refractivity contribution in [2.45, 2.75) is 22.0 Å². The molecule has 0 fully saturated rings. The van der Waals surface area contributed by atoms with Gasteiger partial charge in [0.15, 0.2) is 0 Å². The van der Waals surface area contributed by atoms with Gasteiger partial charge in [-0.25, -0.2) is 4.39 Å². The smallest absolute Gasteiger partial charge is 0.394 e. The molecule has 3 N–H and O–H groups in total. The molecule has 2 rings (SSSR count). The molecule has 0 bridgehead atoms. The first kappa shape index (κ1) is 21.9. The summed E-state index contributed by atoms with van der Waals surface area (Å²) in [6.07, 6.45) is -2.74. The molecule has 0 spiro atoms. The van der Waals surface area contributed by atoms with E-state index in [1.807, 2.05) is 0 Å². The molecular weight excluding hydrogens is 398 g/mol. The van der Waals surface area contributed by atoms with E-state index in [4.69, 9.17) is 10.2 Å². The van der Waals surface area contributed by atoms with Crippen LogP contribution in [-0.4, -0.2) is 35.4 Å². The maximum Gasteiger partial charge on any atom is 0.417 e. The van der Waals surface area contributed by atoms with Gasteiger partial charge in [-0.15, -0.1) is 0 Å². The van der Waals surface area contributed by atoms with Crippen molar-refractivity contribution in [1.82, 2.24) is 5.32 Å². The third-order valence-corrected chi connectivity index (χ3v) is 4.58. The number of carbonyl (C=O) groups excluding carboxylic acids is 1. The highest BCUT2D eigenvalue weighted by molar-refractivity contribution is 7.99. The van der Waals surface area contributed by atoms with E-state index in [0.29, 0.717) is 9.79 Å². The second-order valence-electron chi connectivity index (χ2n) is 5.71. The summed E-state index contributed by atoms with van der Waals surface area (Å²) >= 11 is 1.05. The summed E-state index contributed by atoms with van der Waals surface area (Å²) < 4.78 is 53.2. The molecule has 28 heavy (non-hydrogen) atoms. The van der Waals surface area contributed by atoms with Gasteiger partial charge in [-0.1, -0.05) is 17.8 Å². The van der Waals surface area contributed by atoms with E-state index in [1.165, 1.54) is 36.4 Å². The lowest BCUT2D eigenvalue weighted by atomic mass is 10.1. The Morgan fingerprint density at radius 2 is 1.68 bits per heavy atom. The normalized spacial score (nSPS) is 12.0. The SMILES string of the molecule is O=C(/C=C/c1ccc(Sc2ccc(F)cc2)cc1C(F)(F)F)NC(CO)CO. The standard InChI is InChI=1S/C19H17F4NO3S/c20-13-3-6-15(7-4-13)28-16-5-1-12(17(9-16)19(21,22)23)2-8-18(27)24-14(10-25)11-26/h1-9,14,25-26H,10-11H2,(H,24,27)/b8-2+. The second-order valence-corrected chi connectivity index (χ2v) is 6.85. The highest BCUT2D eigenvalue weighted by Crippen LogP contribution is 2.37. The third kappa shape index (κ3) is 6.36. The van der Waals surface area contributed by atoms with E-state index in [2.05, 4.69) is 5.32 Å². The Labute approximate surface area is 162 Å². The summed E-state index contributed by atoms with van der Waals surface area (Å²) in [5.74, 6) is -1.19. The van der Waals surface area contributed by atoms with Gasteiger partial charge in [0, 0.05) is 15.9 Å². The van der Waals surface area contributed by atoms with Gasteiger partial charge in [-0.3, -0.25) is 4.79 Å². The zero-order valence-corrected chi connectivity index (χ0v) is 15.2. The molecule has 0 saturated heterocycles. The summed E-state index contributed by atoms with van der Waals surface area (Å²) in [4.78, 5) is 12.6. The van der Waals surface area contributed by atoms with Crippen LogP contribution in [0.1, 0.15) is 11.1 Å². The van der Waals surface area contributed by atoms with Crippen LogP contribution in [0.25, 0.3) is 6.08 Å². The Kier molecular flexibility index (Phi) is 7.61. The number of carbonyl (C=O) groups is 1. The minimum Gasteiger partial charge on any atom is -0.394 e. The minimum absolute atomic E-state index is 0.212. The van der Waals surface area contributed by atoms with Crippen molar-refractivity contribution in [3.63, 3.8) is 0 Å².